The number of carboxylic acid groups (broad SMARTS) is 1. The number of ether oxygens (including phenoxy) is 2. The zero-order valence-corrected chi connectivity index (χ0v) is 18.7. The lowest BCUT2D eigenvalue weighted by molar-refractivity contribution is -0.161. The molecule has 0 rings (SSSR count). The molecule has 0 spiro atoms. The first-order chi connectivity index (χ1) is 13.1. The van der Waals surface area contributed by atoms with Crippen LogP contribution in [0.3, 0.4) is 0 Å². The monoisotopic (exact) mass is 416 g/mol. The van der Waals surface area contributed by atoms with E-state index in [9.17, 15) is 24.3 Å². The van der Waals surface area contributed by atoms with E-state index in [1.165, 1.54) is 7.05 Å². The largest absolute Gasteiger partial charge is 0.480 e. The predicted molar refractivity (Wildman–Crippen MR) is 107 cm³/mol. The number of likely N-dealkylation sites (N-methyl/N-ethyl adjacent to an activating group) is 1. The zero-order chi connectivity index (χ0) is 22.8. The smallest absolute Gasteiger partial charge is 0.407 e. The molecule has 9 heteroatoms. The van der Waals surface area contributed by atoms with Gasteiger partial charge in [-0.15, -0.1) is 0 Å². The van der Waals surface area contributed by atoms with Crippen LogP contribution in [0.2, 0.25) is 0 Å². The molecule has 1 atom stereocenters. The molecule has 2 N–H and O–H groups in total. The van der Waals surface area contributed by atoms with E-state index in [4.69, 9.17) is 9.47 Å². The van der Waals surface area contributed by atoms with Crippen LogP contribution >= 0.6 is 0 Å². The van der Waals surface area contributed by atoms with E-state index in [1.807, 2.05) is 0 Å². The Hall–Kier alpha value is -2.32. The SMILES string of the molecule is CN(C(=O)CCCCCNC(=O)OC(C)(C)C)[C@@H](CC(=O)OC(C)(C)C)C(=O)O. The van der Waals surface area contributed by atoms with Crippen molar-refractivity contribution < 1.29 is 33.8 Å². The van der Waals surface area contributed by atoms with Crippen LogP contribution in [0.15, 0.2) is 0 Å². The molecule has 0 saturated heterocycles. The van der Waals surface area contributed by atoms with Gasteiger partial charge in [0, 0.05) is 20.0 Å². The predicted octanol–water partition coefficient (Wildman–Crippen LogP) is 2.71. The Kier molecular flexibility index (Phi) is 10.7. The Bertz CT molecular complexity index is 576. The first-order valence-electron chi connectivity index (χ1n) is 9.79. The number of unbranched alkanes of at least 4 members (excludes halogenated alkanes) is 2. The molecule has 2 amide bonds. The molecular weight excluding hydrogens is 380 g/mol. The van der Waals surface area contributed by atoms with Crippen molar-refractivity contribution in [1.82, 2.24) is 10.2 Å². The third-order valence-corrected chi connectivity index (χ3v) is 3.66. The molecule has 29 heavy (non-hydrogen) atoms. The third-order valence-electron chi connectivity index (χ3n) is 3.66. The van der Waals surface area contributed by atoms with Gasteiger partial charge in [-0.25, -0.2) is 9.59 Å². The van der Waals surface area contributed by atoms with Gasteiger partial charge in [0.25, 0.3) is 0 Å². The molecule has 0 unspecified atom stereocenters. The first-order valence-corrected chi connectivity index (χ1v) is 9.79. The van der Waals surface area contributed by atoms with Crippen LogP contribution in [0.1, 0.15) is 73.6 Å². The molecule has 0 fully saturated rings. The number of nitrogens with zero attached hydrogens (tertiary/aromatic N) is 1. The second-order valence-corrected chi connectivity index (χ2v) is 8.89. The number of aliphatic carboxylic acids is 1. The maximum absolute atomic E-state index is 12.3. The van der Waals surface area contributed by atoms with Crippen molar-refractivity contribution in [3.63, 3.8) is 0 Å². The number of alkyl carbamates (subject to hydrolysis) is 1. The van der Waals surface area contributed by atoms with Gasteiger partial charge in [0.1, 0.15) is 17.2 Å². The van der Waals surface area contributed by atoms with Gasteiger partial charge in [0.05, 0.1) is 6.42 Å². The van der Waals surface area contributed by atoms with Crippen molar-refractivity contribution >= 4 is 23.9 Å². The average Bonchev–Trinajstić information content (AvgIpc) is 2.51. The minimum Gasteiger partial charge on any atom is -0.480 e. The second-order valence-electron chi connectivity index (χ2n) is 8.89. The molecule has 9 nitrogen and oxygen atoms in total. The second kappa shape index (κ2) is 11.6. The maximum Gasteiger partial charge on any atom is 0.407 e. The molecule has 0 radical (unpaired) electrons. The highest BCUT2D eigenvalue weighted by molar-refractivity contribution is 5.87. The number of amides is 2. The third kappa shape index (κ3) is 13.5. The fourth-order valence-corrected chi connectivity index (χ4v) is 2.36. The van der Waals surface area contributed by atoms with Crippen molar-refractivity contribution in [2.45, 2.75) is 90.9 Å². The van der Waals surface area contributed by atoms with Gasteiger partial charge in [0.2, 0.25) is 5.91 Å². The van der Waals surface area contributed by atoms with Crippen molar-refractivity contribution in [3.05, 3.63) is 0 Å². The van der Waals surface area contributed by atoms with E-state index in [0.717, 1.165) is 4.90 Å². The van der Waals surface area contributed by atoms with Crippen molar-refractivity contribution in [1.29, 1.82) is 0 Å². The topological polar surface area (TPSA) is 122 Å². The molecular formula is C20H36N2O7. The highest BCUT2D eigenvalue weighted by Gasteiger charge is 2.30. The number of carboxylic acids is 1. The lowest BCUT2D eigenvalue weighted by atomic mass is 10.1. The molecule has 0 aromatic heterocycles. The standard InChI is InChI=1S/C20H36N2O7/c1-19(2,3)28-16(24)13-14(17(25)26)22(7)15(23)11-9-8-10-12-21-18(27)29-20(4,5)6/h14H,8-13H2,1-7H3,(H,21,27)(H,25,26)/t14-/m0/s1. The minimum absolute atomic E-state index is 0.154. The number of esters is 1. The first kappa shape index (κ1) is 26.7. The highest BCUT2D eigenvalue weighted by Crippen LogP contribution is 2.13. The fraction of sp³-hybridized carbons (Fsp3) is 0.800. The number of carbonyl (C=O) groups is 4. The summed E-state index contributed by atoms with van der Waals surface area (Å²) in [5.74, 6) is -2.29. The van der Waals surface area contributed by atoms with E-state index in [-0.39, 0.29) is 12.3 Å². The van der Waals surface area contributed by atoms with Crippen LogP contribution in [-0.4, -0.2) is 64.8 Å². The molecule has 0 heterocycles. The molecule has 0 bridgehead atoms. The van der Waals surface area contributed by atoms with Crippen LogP contribution in [-0.2, 0) is 23.9 Å². The summed E-state index contributed by atoms with van der Waals surface area (Å²) in [5, 5.41) is 12.0. The number of hydrogen-bond acceptors (Lipinski definition) is 6. The molecule has 0 aliphatic heterocycles. The number of hydrogen-bond donors (Lipinski definition) is 2. The number of carbonyl (C=O) groups excluding carboxylic acids is 3. The molecule has 0 aliphatic rings. The summed E-state index contributed by atoms with van der Waals surface area (Å²) in [6.45, 7) is 10.8. The Morgan fingerprint density at radius 2 is 1.48 bits per heavy atom. The number of rotatable bonds is 10. The minimum atomic E-state index is -1.27. The highest BCUT2D eigenvalue weighted by atomic mass is 16.6. The van der Waals surface area contributed by atoms with Crippen LogP contribution in [0, 0.1) is 0 Å². The molecule has 0 aromatic rings. The van der Waals surface area contributed by atoms with E-state index in [2.05, 4.69) is 5.32 Å². The Balaban J connectivity index is 4.30. The molecule has 0 aromatic carbocycles. The van der Waals surface area contributed by atoms with Gasteiger partial charge in [-0.2, -0.15) is 0 Å². The van der Waals surface area contributed by atoms with Gasteiger partial charge < -0.3 is 24.8 Å². The zero-order valence-electron chi connectivity index (χ0n) is 18.7. The van der Waals surface area contributed by atoms with Gasteiger partial charge in [-0.3, -0.25) is 9.59 Å². The Morgan fingerprint density at radius 1 is 0.931 bits per heavy atom. The summed E-state index contributed by atoms with van der Waals surface area (Å²) < 4.78 is 10.3. The summed E-state index contributed by atoms with van der Waals surface area (Å²) in [5.41, 5.74) is -1.28. The number of nitrogens with one attached hydrogen (secondary N) is 1. The van der Waals surface area contributed by atoms with Crippen LogP contribution in [0.25, 0.3) is 0 Å². The quantitative estimate of drug-likeness (QED) is 0.415. The summed E-state index contributed by atoms with van der Waals surface area (Å²) in [4.78, 5) is 48.2. The van der Waals surface area contributed by atoms with E-state index >= 15 is 0 Å². The molecule has 0 saturated carbocycles. The van der Waals surface area contributed by atoms with Crippen LogP contribution in [0.4, 0.5) is 4.79 Å². The van der Waals surface area contributed by atoms with E-state index in [0.29, 0.717) is 25.8 Å². The van der Waals surface area contributed by atoms with Gasteiger partial charge >= 0.3 is 18.0 Å². The normalized spacial score (nSPS) is 12.7. The summed E-state index contributed by atoms with van der Waals surface area (Å²) in [6, 6.07) is -1.27. The van der Waals surface area contributed by atoms with Gasteiger partial charge in [-0.1, -0.05) is 6.42 Å². The van der Waals surface area contributed by atoms with E-state index < -0.39 is 41.7 Å². The molecule has 168 valence electrons. The summed E-state index contributed by atoms with van der Waals surface area (Å²) in [7, 11) is 1.37. The van der Waals surface area contributed by atoms with Crippen molar-refractivity contribution in [3.8, 4) is 0 Å². The summed E-state index contributed by atoms with van der Waals surface area (Å²) >= 11 is 0. The van der Waals surface area contributed by atoms with E-state index in [1.54, 1.807) is 41.5 Å². The van der Waals surface area contributed by atoms with Crippen LogP contribution in [0.5, 0.6) is 0 Å². The van der Waals surface area contributed by atoms with Crippen molar-refractivity contribution in [2.75, 3.05) is 13.6 Å². The summed E-state index contributed by atoms with van der Waals surface area (Å²) in [6.07, 6.45) is 1.14. The maximum atomic E-state index is 12.3. The van der Waals surface area contributed by atoms with Gasteiger partial charge in [-0.05, 0) is 54.4 Å². The average molecular weight is 417 g/mol. The lowest BCUT2D eigenvalue weighted by Gasteiger charge is -2.26. The van der Waals surface area contributed by atoms with Crippen molar-refractivity contribution in [2.24, 2.45) is 0 Å². The molecule has 0 aliphatic carbocycles. The van der Waals surface area contributed by atoms with Crippen LogP contribution < -0.4 is 5.32 Å². The Labute approximate surface area is 173 Å². The van der Waals surface area contributed by atoms with Gasteiger partial charge in [0.15, 0.2) is 0 Å². The Morgan fingerprint density at radius 3 is 1.97 bits per heavy atom. The fourth-order valence-electron chi connectivity index (χ4n) is 2.36. The lowest BCUT2D eigenvalue weighted by Crippen LogP contribution is -2.44.